The van der Waals surface area contributed by atoms with Crippen LogP contribution in [0.3, 0.4) is 0 Å². The first-order valence-electron chi connectivity index (χ1n) is 3.90. The first-order chi connectivity index (χ1) is 6.11. The fourth-order valence-corrected chi connectivity index (χ4v) is 1.94. The van der Waals surface area contributed by atoms with E-state index in [1.807, 2.05) is 19.9 Å². The minimum Gasteiger partial charge on any atom is -0.495 e. The number of benzene rings is 1. The summed E-state index contributed by atoms with van der Waals surface area (Å²) in [5.41, 5.74) is 2.67. The molecule has 0 heterocycles. The summed E-state index contributed by atoms with van der Waals surface area (Å²) in [7, 11) is 1.56. The molecule has 0 saturated heterocycles. The molecule has 0 radical (unpaired) electrons. The van der Waals surface area contributed by atoms with Crippen molar-refractivity contribution in [2.45, 2.75) is 13.8 Å². The van der Waals surface area contributed by atoms with Crippen LogP contribution in [0, 0.1) is 13.8 Å². The highest BCUT2D eigenvalue weighted by molar-refractivity contribution is 9.10. The monoisotopic (exact) mass is 242 g/mol. The SMILES string of the molecule is COc1c(Br)cc(C)c(C)c1C=O. The number of hydrogen-bond donors (Lipinski definition) is 0. The van der Waals surface area contributed by atoms with Crippen molar-refractivity contribution < 1.29 is 9.53 Å². The van der Waals surface area contributed by atoms with Crippen LogP contribution in [0.1, 0.15) is 21.5 Å². The topological polar surface area (TPSA) is 26.3 Å². The van der Waals surface area contributed by atoms with Gasteiger partial charge in [0.1, 0.15) is 5.75 Å². The summed E-state index contributed by atoms with van der Waals surface area (Å²) in [4.78, 5) is 10.8. The van der Waals surface area contributed by atoms with E-state index in [2.05, 4.69) is 15.9 Å². The Morgan fingerprint density at radius 2 is 2.08 bits per heavy atom. The molecule has 0 N–H and O–H groups in total. The van der Waals surface area contributed by atoms with Crippen LogP contribution in [0.5, 0.6) is 5.75 Å². The van der Waals surface area contributed by atoms with Crippen LogP contribution >= 0.6 is 15.9 Å². The van der Waals surface area contributed by atoms with Gasteiger partial charge in [-0.2, -0.15) is 0 Å². The minimum absolute atomic E-state index is 0.609. The summed E-state index contributed by atoms with van der Waals surface area (Å²) in [6.07, 6.45) is 0.825. The molecule has 0 bridgehead atoms. The Balaban J connectivity index is 3.50. The van der Waals surface area contributed by atoms with E-state index >= 15 is 0 Å². The maximum Gasteiger partial charge on any atom is 0.154 e. The van der Waals surface area contributed by atoms with E-state index in [9.17, 15) is 4.79 Å². The molecule has 2 nitrogen and oxygen atoms in total. The number of carbonyl (C=O) groups is 1. The highest BCUT2D eigenvalue weighted by Crippen LogP contribution is 2.32. The van der Waals surface area contributed by atoms with E-state index in [-0.39, 0.29) is 0 Å². The Labute approximate surface area is 86.0 Å². The molecule has 0 unspecified atom stereocenters. The number of aryl methyl sites for hydroxylation is 1. The Bertz CT molecular complexity index is 345. The van der Waals surface area contributed by atoms with Crippen LogP contribution in [0.15, 0.2) is 10.5 Å². The molecule has 1 rings (SSSR count). The molecule has 0 spiro atoms. The summed E-state index contributed by atoms with van der Waals surface area (Å²) in [5.74, 6) is 0.609. The van der Waals surface area contributed by atoms with Gasteiger partial charge in [-0.1, -0.05) is 0 Å². The summed E-state index contributed by atoms with van der Waals surface area (Å²) < 4.78 is 5.94. The van der Waals surface area contributed by atoms with Crippen molar-refractivity contribution in [3.63, 3.8) is 0 Å². The van der Waals surface area contributed by atoms with Crippen molar-refractivity contribution in [1.82, 2.24) is 0 Å². The average Bonchev–Trinajstić information content (AvgIpc) is 2.10. The van der Waals surface area contributed by atoms with E-state index in [1.54, 1.807) is 7.11 Å². The first-order valence-corrected chi connectivity index (χ1v) is 4.70. The number of carbonyl (C=O) groups excluding carboxylic acids is 1. The lowest BCUT2D eigenvalue weighted by molar-refractivity contribution is 0.112. The third kappa shape index (κ3) is 1.75. The number of ether oxygens (including phenoxy) is 1. The molecular formula is C10H11BrO2. The third-order valence-corrected chi connectivity index (χ3v) is 2.71. The lowest BCUT2D eigenvalue weighted by Gasteiger charge is -2.11. The number of hydrogen-bond acceptors (Lipinski definition) is 2. The highest BCUT2D eigenvalue weighted by Gasteiger charge is 2.11. The van der Waals surface area contributed by atoms with Crippen LogP contribution in [-0.2, 0) is 0 Å². The van der Waals surface area contributed by atoms with Crippen LogP contribution in [-0.4, -0.2) is 13.4 Å². The van der Waals surface area contributed by atoms with Crippen LogP contribution in [0.2, 0.25) is 0 Å². The van der Waals surface area contributed by atoms with Gasteiger partial charge in [0.05, 0.1) is 17.1 Å². The standard InChI is InChI=1S/C10H11BrO2/c1-6-4-9(11)10(13-3)8(5-12)7(6)2/h4-5H,1-3H3. The van der Waals surface area contributed by atoms with E-state index in [0.717, 1.165) is 21.9 Å². The molecule has 1 aromatic rings. The zero-order valence-corrected chi connectivity index (χ0v) is 9.44. The lowest BCUT2D eigenvalue weighted by Crippen LogP contribution is -1.97. The smallest absolute Gasteiger partial charge is 0.154 e. The van der Waals surface area contributed by atoms with Gasteiger partial charge in [-0.25, -0.2) is 0 Å². The summed E-state index contributed by atoms with van der Waals surface area (Å²) in [5, 5.41) is 0. The molecule has 70 valence electrons. The van der Waals surface area contributed by atoms with E-state index in [4.69, 9.17) is 4.74 Å². The predicted octanol–water partition coefficient (Wildman–Crippen LogP) is 2.89. The quantitative estimate of drug-likeness (QED) is 0.746. The van der Waals surface area contributed by atoms with Gasteiger partial charge in [-0.05, 0) is 47.0 Å². The predicted molar refractivity (Wildman–Crippen MR) is 55.6 cm³/mol. The summed E-state index contributed by atoms with van der Waals surface area (Å²) in [6, 6.07) is 1.95. The minimum atomic E-state index is 0.609. The molecule has 0 saturated carbocycles. The van der Waals surface area contributed by atoms with Crippen LogP contribution in [0.25, 0.3) is 0 Å². The van der Waals surface area contributed by atoms with Gasteiger partial charge in [0.15, 0.2) is 6.29 Å². The van der Waals surface area contributed by atoms with Gasteiger partial charge >= 0.3 is 0 Å². The molecule has 3 heteroatoms. The molecule has 0 aliphatic heterocycles. The number of aldehydes is 1. The van der Waals surface area contributed by atoms with Crippen LogP contribution in [0.4, 0.5) is 0 Å². The largest absolute Gasteiger partial charge is 0.495 e. The Morgan fingerprint density at radius 3 is 2.54 bits per heavy atom. The van der Waals surface area contributed by atoms with E-state index < -0.39 is 0 Å². The second kappa shape index (κ2) is 3.92. The van der Waals surface area contributed by atoms with Crippen molar-refractivity contribution in [1.29, 1.82) is 0 Å². The molecule has 0 aliphatic carbocycles. The maximum absolute atomic E-state index is 10.8. The second-order valence-electron chi connectivity index (χ2n) is 2.87. The fraction of sp³-hybridized carbons (Fsp3) is 0.300. The normalized spacial score (nSPS) is 9.85. The van der Waals surface area contributed by atoms with Gasteiger partial charge in [-0.3, -0.25) is 4.79 Å². The summed E-state index contributed by atoms with van der Waals surface area (Å²) in [6.45, 7) is 3.88. The molecule has 0 aromatic heterocycles. The molecule has 0 amide bonds. The molecule has 0 fully saturated rings. The fourth-order valence-electron chi connectivity index (χ4n) is 1.22. The van der Waals surface area contributed by atoms with Crippen molar-refractivity contribution in [2.75, 3.05) is 7.11 Å². The van der Waals surface area contributed by atoms with E-state index in [1.165, 1.54) is 0 Å². The Kier molecular flexibility index (Phi) is 3.09. The first kappa shape index (κ1) is 10.3. The van der Waals surface area contributed by atoms with Gasteiger partial charge in [-0.15, -0.1) is 0 Å². The molecule has 1 aromatic carbocycles. The van der Waals surface area contributed by atoms with Gasteiger partial charge < -0.3 is 4.74 Å². The van der Waals surface area contributed by atoms with Gasteiger partial charge in [0, 0.05) is 0 Å². The number of rotatable bonds is 2. The second-order valence-corrected chi connectivity index (χ2v) is 3.72. The third-order valence-electron chi connectivity index (χ3n) is 2.12. The van der Waals surface area contributed by atoms with Gasteiger partial charge in [0.25, 0.3) is 0 Å². The van der Waals surface area contributed by atoms with Crippen molar-refractivity contribution in [3.8, 4) is 5.75 Å². The Hall–Kier alpha value is -0.830. The highest BCUT2D eigenvalue weighted by atomic mass is 79.9. The zero-order chi connectivity index (χ0) is 10.0. The van der Waals surface area contributed by atoms with Crippen LogP contribution < -0.4 is 4.74 Å². The van der Waals surface area contributed by atoms with Crippen molar-refractivity contribution in [3.05, 3.63) is 27.2 Å². The molecule has 13 heavy (non-hydrogen) atoms. The Morgan fingerprint density at radius 1 is 1.46 bits per heavy atom. The van der Waals surface area contributed by atoms with Crippen molar-refractivity contribution in [2.24, 2.45) is 0 Å². The van der Waals surface area contributed by atoms with Crippen molar-refractivity contribution >= 4 is 22.2 Å². The molecule has 0 aliphatic rings. The number of halogens is 1. The maximum atomic E-state index is 10.8. The van der Waals surface area contributed by atoms with E-state index in [0.29, 0.717) is 11.3 Å². The van der Waals surface area contributed by atoms with Gasteiger partial charge in [0.2, 0.25) is 0 Å². The zero-order valence-electron chi connectivity index (χ0n) is 7.85. The lowest BCUT2D eigenvalue weighted by atomic mass is 10.0. The molecular weight excluding hydrogens is 232 g/mol. The average molecular weight is 243 g/mol. The number of methoxy groups -OCH3 is 1. The molecule has 0 atom stereocenters. The summed E-state index contributed by atoms with van der Waals surface area (Å²) >= 11 is 3.35.